The fourth-order valence-corrected chi connectivity index (χ4v) is 4.52. The van der Waals surface area contributed by atoms with E-state index in [0.717, 1.165) is 16.8 Å². The van der Waals surface area contributed by atoms with Crippen LogP contribution in [0.5, 0.6) is 0 Å². The number of nitrogens with zero attached hydrogens (tertiary/aromatic N) is 2. The van der Waals surface area contributed by atoms with Crippen molar-refractivity contribution in [3.05, 3.63) is 93.5 Å². The fourth-order valence-electron chi connectivity index (χ4n) is 3.95. The van der Waals surface area contributed by atoms with Gasteiger partial charge in [-0.25, -0.2) is 4.79 Å². The van der Waals surface area contributed by atoms with Gasteiger partial charge in [0, 0.05) is 12.7 Å². The summed E-state index contributed by atoms with van der Waals surface area (Å²) >= 11 is 12.2. The van der Waals surface area contributed by atoms with Gasteiger partial charge in [-0.1, -0.05) is 59.6 Å². The van der Waals surface area contributed by atoms with Crippen LogP contribution in [-0.2, 0) is 13.0 Å². The van der Waals surface area contributed by atoms with Crippen molar-refractivity contribution in [3.8, 4) is 0 Å². The first kappa shape index (κ1) is 24.0. The van der Waals surface area contributed by atoms with Gasteiger partial charge in [0.2, 0.25) is 0 Å². The third kappa shape index (κ3) is 4.88. The zero-order chi connectivity index (χ0) is 24.4. The molecule has 9 heteroatoms. The highest BCUT2D eigenvalue weighted by molar-refractivity contribution is 6.39. The van der Waals surface area contributed by atoms with E-state index in [0.29, 0.717) is 12.2 Å². The standard InChI is InChI=1S/C25H23Cl2N3O4/c1-29-21-8-3-2-5-16(21)14-30(25(29)34)17-11-9-15(10-12-17)13-20(24(32)33)28-23(31)22-18(26)6-4-7-19(22)27/h2-12,20,24,32-33H,13-14H2,1H3,(H,28,31)/t20-/m0/s1. The van der Waals surface area contributed by atoms with Gasteiger partial charge >= 0.3 is 6.03 Å². The molecule has 0 aliphatic carbocycles. The van der Waals surface area contributed by atoms with Crippen molar-refractivity contribution in [3.63, 3.8) is 0 Å². The van der Waals surface area contributed by atoms with Gasteiger partial charge in [-0.15, -0.1) is 0 Å². The number of halogens is 2. The summed E-state index contributed by atoms with van der Waals surface area (Å²) in [7, 11) is 1.74. The van der Waals surface area contributed by atoms with Crippen LogP contribution in [0.3, 0.4) is 0 Å². The Bertz CT molecular complexity index is 1200. The zero-order valence-corrected chi connectivity index (χ0v) is 19.8. The van der Waals surface area contributed by atoms with Crippen LogP contribution < -0.4 is 15.1 Å². The Morgan fingerprint density at radius 1 is 1.00 bits per heavy atom. The summed E-state index contributed by atoms with van der Waals surface area (Å²) in [5.41, 5.74) is 3.45. The van der Waals surface area contributed by atoms with Crippen molar-refractivity contribution in [2.24, 2.45) is 0 Å². The number of carbonyl (C=O) groups excluding carboxylic acids is 2. The number of anilines is 2. The summed E-state index contributed by atoms with van der Waals surface area (Å²) in [5, 5.41) is 22.6. The molecule has 3 N–H and O–H groups in total. The Balaban J connectivity index is 1.49. The van der Waals surface area contributed by atoms with E-state index in [1.807, 2.05) is 24.3 Å². The average Bonchev–Trinajstić information content (AvgIpc) is 2.81. The van der Waals surface area contributed by atoms with E-state index in [4.69, 9.17) is 23.2 Å². The summed E-state index contributed by atoms with van der Waals surface area (Å²) in [5.74, 6) is -0.606. The molecule has 1 aliphatic heterocycles. The second kappa shape index (κ2) is 10.0. The van der Waals surface area contributed by atoms with Crippen molar-refractivity contribution in [2.75, 3.05) is 16.8 Å². The first-order valence-electron chi connectivity index (χ1n) is 10.6. The average molecular weight is 500 g/mol. The number of amides is 3. The van der Waals surface area contributed by atoms with Crippen molar-refractivity contribution in [2.45, 2.75) is 25.3 Å². The van der Waals surface area contributed by atoms with Crippen LogP contribution in [0.25, 0.3) is 0 Å². The van der Waals surface area contributed by atoms with E-state index in [2.05, 4.69) is 5.32 Å². The maximum atomic E-state index is 12.9. The van der Waals surface area contributed by atoms with Crippen LogP contribution in [0.15, 0.2) is 66.7 Å². The molecule has 0 saturated carbocycles. The fraction of sp³-hybridized carbons (Fsp3) is 0.200. The minimum Gasteiger partial charge on any atom is -0.366 e. The number of fused-ring (bicyclic) bond motifs is 1. The van der Waals surface area contributed by atoms with E-state index in [1.54, 1.807) is 47.2 Å². The summed E-state index contributed by atoms with van der Waals surface area (Å²) in [6, 6.07) is 18.4. The topological polar surface area (TPSA) is 93.1 Å². The Kier molecular flexibility index (Phi) is 7.09. The highest BCUT2D eigenvalue weighted by Crippen LogP contribution is 2.31. The molecule has 0 unspecified atom stereocenters. The molecule has 7 nitrogen and oxygen atoms in total. The molecule has 0 radical (unpaired) electrons. The normalized spacial score (nSPS) is 14.2. The van der Waals surface area contributed by atoms with Crippen LogP contribution in [0.4, 0.5) is 16.2 Å². The third-order valence-corrected chi connectivity index (χ3v) is 6.40. The molecular formula is C25H23Cl2N3O4. The van der Waals surface area contributed by atoms with E-state index in [1.165, 1.54) is 12.1 Å². The number of para-hydroxylation sites is 1. The van der Waals surface area contributed by atoms with E-state index >= 15 is 0 Å². The highest BCUT2D eigenvalue weighted by Gasteiger charge is 2.29. The molecular weight excluding hydrogens is 477 g/mol. The molecule has 4 rings (SSSR count). The molecule has 34 heavy (non-hydrogen) atoms. The number of aliphatic hydroxyl groups excluding tert-OH is 1. The lowest BCUT2D eigenvalue weighted by atomic mass is 10.0. The first-order chi connectivity index (χ1) is 16.3. The SMILES string of the molecule is CN1C(=O)N(c2ccc(C[C@H](NC(=O)c3c(Cl)cccc3Cl)C(O)O)cc2)Cc2ccccc21. The summed E-state index contributed by atoms with van der Waals surface area (Å²) in [4.78, 5) is 28.8. The molecule has 1 aliphatic rings. The van der Waals surface area contributed by atoms with Gasteiger partial charge in [-0.3, -0.25) is 14.6 Å². The number of rotatable bonds is 6. The van der Waals surface area contributed by atoms with Crippen LogP contribution in [0.2, 0.25) is 10.0 Å². The number of urea groups is 1. The number of aliphatic hydroxyl groups is 2. The number of carbonyl (C=O) groups is 2. The predicted molar refractivity (Wildman–Crippen MR) is 133 cm³/mol. The quantitative estimate of drug-likeness (QED) is 0.442. The summed E-state index contributed by atoms with van der Waals surface area (Å²) in [6.07, 6.45) is -1.67. The van der Waals surface area contributed by atoms with Crippen LogP contribution in [-0.4, -0.2) is 41.5 Å². The third-order valence-electron chi connectivity index (χ3n) is 5.77. The van der Waals surface area contributed by atoms with Gasteiger partial charge < -0.3 is 15.5 Å². The largest absolute Gasteiger partial charge is 0.366 e. The lowest BCUT2D eigenvalue weighted by molar-refractivity contribution is -0.0647. The minimum absolute atomic E-state index is 0.0693. The second-order valence-electron chi connectivity index (χ2n) is 8.02. The smallest absolute Gasteiger partial charge is 0.329 e. The van der Waals surface area contributed by atoms with Crippen molar-refractivity contribution in [1.82, 2.24) is 5.32 Å². The maximum Gasteiger partial charge on any atom is 0.329 e. The van der Waals surface area contributed by atoms with Crippen molar-refractivity contribution < 1.29 is 19.8 Å². The predicted octanol–water partition coefficient (Wildman–Crippen LogP) is 4.22. The molecule has 0 aromatic heterocycles. The molecule has 0 fully saturated rings. The Hall–Kier alpha value is -3.10. The van der Waals surface area contributed by atoms with E-state index in [-0.39, 0.29) is 28.1 Å². The monoisotopic (exact) mass is 499 g/mol. The van der Waals surface area contributed by atoms with Gasteiger partial charge in [0.15, 0.2) is 6.29 Å². The van der Waals surface area contributed by atoms with E-state index in [9.17, 15) is 19.8 Å². The number of hydrogen-bond acceptors (Lipinski definition) is 4. The van der Waals surface area contributed by atoms with Gasteiger partial charge in [0.25, 0.3) is 5.91 Å². The Labute approximate surface area is 207 Å². The molecule has 0 bridgehead atoms. The van der Waals surface area contributed by atoms with Gasteiger partial charge in [-0.2, -0.15) is 0 Å². The van der Waals surface area contributed by atoms with Gasteiger partial charge in [0.1, 0.15) is 0 Å². The van der Waals surface area contributed by atoms with Gasteiger partial charge in [-0.05, 0) is 47.9 Å². The minimum atomic E-state index is -1.81. The molecule has 3 amide bonds. The Morgan fingerprint density at radius 2 is 1.65 bits per heavy atom. The number of nitrogens with one attached hydrogen (secondary N) is 1. The molecule has 1 heterocycles. The van der Waals surface area contributed by atoms with Gasteiger partial charge in [0.05, 0.1) is 33.9 Å². The van der Waals surface area contributed by atoms with Crippen LogP contribution in [0.1, 0.15) is 21.5 Å². The molecule has 3 aromatic carbocycles. The molecule has 3 aromatic rings. The molecule has 0 spiro atoms. The van der Waals surface area contributed by atoms with Crippen LogP contribution in [0, 0.1) is 0 Å². The molecule has 176 valence electrons. The van der Waals surface area contributed by atoms with Crippen molar-refractivity contribution in [1.29, 1.82) is 0 Å². The van der Waals surface area contributed by atoms with E-state index < -0.39 is 18.2 Å². The lowest BCUT2D eigenvalue weighted by Crippen LogP contribution is -2.45. The highest BCUT2D eigenvalue weighted by atomic mass is 35.5. The zero-order valence-electron chi connectivity index (χ0n) is 18.3. The molecule has 0 saturated heterocycles. The summed E-state index contributed by atoms with van der Waals surface area (Å²) in [6.45, 7) is 0.450. The number of hydrogen-bond donors (Lipinski definition) is 3. The maximum absolute atomic E-state index is 12.9. The Morgan fingerprint density at radius 3 is 2.29 bits per heavy atom. The number of benzene rings is 3. The second-order valence-corrected chi connectivity index (χ2v) is 8.83. The summed E-state index contributed by atoms with van der Waals surface area (Å²) < 4.78 is 0. The lowest BCUT2D eigenvalue weighted by Gasteiger charge is -2.35. The first-order valence-corrected chi connectivity index (χ1v) is 11.3. The molecule has 1 atom stereocenters. The van der Waals surface area contributed by atoms with Crippen molar-refractivity contribution >= 4 is 46.5 Å². The van der Waals surface area contributed by atoms with Crippen LogP contribution >= 0.6 is 23.2 Å².